The Balaban J connectivity index is 1.97. The van der Waals surface area contributed by atoms with Crippen LogP contribution in [0.15, 0.2) is 48.7 Å². The number of rotatable bonds is 7. The van der Waals surface area contributed by atoms with Crippen LogP contribution in [-0.2, 0) is 16.6 Å². The summed E-state index contributed by atoms with van der Waals surface area (Å²) < 4.78 is 0. The molecule has 0 aliphatic rings. The van der Waals surface area contributed by atoms with E-state index >= 15 is 0 Å². The topological polar surface area (TPSA) is 62.2 Å². The number of aromatic nitrogens is 1. The van der Waals surface area contributed by atoms with Crippen LogP contribution in [0.3, 0.4) is 0 Å². The molecule has 1 aromatic heterocycles. The molecule has 2 aromatic rings. The first kappa shape index (κ1) is 18.4. The van der Waals surface area contributed by atoms with Gasteiger partial charge in [0.25, 0.3) is 0 Å². The number of aliphatic hydroxyl groups is 1. The number of benzene rings is 1. The quantitative estimate of drug-likeness (QED) is 0.810. The number of halogens is 1. The zero-order valence-electron chi connectivity index (χ0n) is 14.0. The van der Waals surface area contributed by atoms with Crippen molar-refractivity contribution in [3.63, 3.8) is 0 Å². The number of carbonyl (C=O) groups excluding carboxylic acids is 1. The molecule has 5 heteroatoms. The molecule has 1 heterocycles. The minimum atomic E-state index is -0.699. The van der Waals surface area contributed by atoms with Crippen LogP contribution in [0.5, 0.6) is 0 Å². The van der Waals surface area contributed by atoms with E-state index < -0.39 is 5.41 Å². The highest BCUT2D eigenvalue weighted by atomic mass is 35.5. The van der Waals surface area contributed by atoms with Gasteiger partial charge in [-0.15, -0.1) is 0 Å². The molecule has 0 fully saturated rings. The lowest BCUT2D eigenvalue weighted by Crippen LogP contribution is -2.42. The fourth-order valence-electron chi connectivity index (χ4n) is 2.48. The molecule has 2 N–H and O–H groups in total. The average Bonchev–Trinajstić information content (AvgIpc) is 2.59. The number of pyridine rings is 1. The van der Waals surface area contributed by atoms with E-state index in [0.717, 1.165) is 11.3 Å². The van der Waals surface area contributed by atoms with Gasteiger partial charge in [-0.05, 0) is 50.1 Å². The summed E-state index contributed by atoms with van der Waals surface area (Å²) in [6.45, 7) is 4.12. The van der Waals surface area contributed by atoms with Gasteiger partial charge in [0.2, 0.25) is 5.91 Å². The van der Waals surface area contributed by atoms with Gasteiger partial charge in [-0.3, -0.25) is 9.78 Å². The summed E-state index contributed by atoms with van der Waals surface area (Å²) in [6.07, 6.45) is 2.35. The first-order chi connectivity index (χ1) is 11.4. The molecule has 0 saturated carbocycles. The summed E-state index contributed by atoms with van der Waals surface area (Å²) in [5, 5.41) is 13.1. The maximum Gasteiger partial charge on any atom is 0.230 e. The Kier molecular flexibility index (Phi) is 6.35. The molecule has 0 bridgehead atoms. The average molecular weight is 347 g/mol. The van der Waals surface area contributed by atoms with E-state index in [-0.39, 0.29) is 18.4 Å². The molecule has 2 rings (SSSR count). The fourth-order valence-corrected chi connectivity index (χ4v) is 2.67. The van der Waals surface area contributed by atoms with Gasteiger partial charge >= 0.3 is 0 Å². The Morgan fingerprint density at radius 3 is 2.71 bits per heavy atom. The minimum Gasteiger partial charge on any atom is -0.396 e. The van der Waals surface area contributed by atoms with Crippen molar-refractivity contribution in [2.45, 2.75) is 25.7 Å². The zero-order valence-corrected chi connectivity index (χ0v) is 14.8. The Morgan fingerprint density at radius 2 is 2.08 bits per heavy atom. The van der Waals surface area contributed by atoms with E-state index in [1.165, 1.54) is 0 Å². The van der Waals surface area contributed by atoms with Gasteiger partial charge in [0.05, 0.1) is 5.41 Å². The molecule has 4 nitrogen and oxygen atoms in total. The number of hydrogen-bond donors (Lipinski definition) is 2. The predicted molar refractivity (Wildman–Crippen MR) is 96.0 cm³/mol. The molecule has 1 atom stereocenters. The van der Waals surface area contributed by atoms with Crippen molar-refractivity contribution >= 4 is 17.5 Å². The fraction of sp³-hybridized carbons (Fsp3) is 0.368. The Morgan fingerprint density at radius 1 is 1.29 bits per heavy atom. The molecule has 1 amide bonds. The molecular formula is C19H23ClN2O2. The molecule has 24 heavy (non-hydrogen) atoms. The van der Waals surface area contributed by atoms with Crippen molar-refractivity contribution in [2.24, 2.45) is 5.92 Å². The molecule has 0 aliphatic carbocycles. The van der Waals surface area contributed by atoms with Gasteiger partial charge in [-0.2, -0.15) is 0 Å². The number of aliphatic hydroxyl groups excluding tert-OH is 1. The summed E-state index contributed by atoms with van der Waals surface area (Å²) in [6, 6.07) is 13.0. The molecule has 0 radical (unpaired) electrons. The summed E-state index contributed by atoms with van der Waals surface area (Å²) in [4.78, 5) is 16.9. The predicted octanol–water partition coefficient (Wildman–Crippen LogP) is 2.98. The molecule has 1 aromatic carbocycles. The normalized spacial score (nSPS) is 12.7. The lowest BCUT2D eigenvalue weighted by atomic mass is 9.83. The van der Waals surface area contributed by atoms with Crippen LogP contribution in [0, 0.1) is 5.92 Å². The van der Waals surface area contributed by atoms with E-state index in [2.05, 4.69) is 10.3 Å². The van der Waals surface area contributed by atoms with Gasteiger partial charge in [0.1, 0.15) is 0 Å². The monoisotopic (exact) mass is 346 g/mol. The number of nitrogens with zero attached hydrogens (tertiary/aromatic N) is 1. The standard InChI is InChI=1S/C19H23ClN2O2/c1-19(2,15-6-5-7-16(20)11-15)18(24)22-12-14(13-23)10-17-8-3-4-9-21-17/h3-9,11,14,23H,10,12-13H2,1-2H3,(H,22,24). The number of carbonyl (C=O) groups is 1. The molecule has 0 spiro atoms. The first-order valence-electron chi connectivity index (χ1n) is 7.98. The lowest BCUT2D eigenvalue weighted by molar-refractivity contribution is -0.125. The van der Waals surface area contributed by atoms with Crippen molar-refractivity contribution in [1.29, 1.82) is 0 Å². The zero-order chi connectivity index (χ0) is 17.6. The van der Waals surface area contributed by atoms with Crippen LogP contribution in [0.4, 0.5) is 0 Å². The highest BCUT2D eigenvalue weighted by molar-refractivity contribution is 6.30. The van der Waals surface area contributed by atoms with Crippen LogP contribution < -0.4 is 5.32 Å². The number of amides is 1. The van der Waals surface area contributed by atoms with Crippen LogP contribution in [0.2, 0.25) is 5.02 Å². The van der Waals surface area contributed by atoms with Crippen molar-refractivity contribution in [3.8, 4) is 0 Å². The van der Waals surface area contributed by atoms with Gasteiger partial charge < -0.3 is 10.4 Å². The molecule has 1 unspecified atom stereocenters. The maximum atomic E-state index is 12.6. The van der Waals surface area contributed by atoms with Crippen LogP contribution in [0.1, 0.15) is 25.1 Å². The van der Waals surface area contributed by atoms with Crippen LogP contribution in [0.25, 0.3) is 0 Å². The molecule has 0 aliphatic heterocycles. The Labute approximate surface area is 147 Å². The van der Waals surface area contributed by atoms with Gasteiger partial charge in [0.15, 0.2) is 0 Å². The summed E-state index contributed by atoms with van der Waals surface area (Å²) in [5.41, 5.74) is 1.06. The number of nitrogens with one attached hydrogen (secondary N) is 1. The van der Waals surface area contributed by atoms with Crippen molar-refractivity contribution in [3.05, 3.63) is 64.9 Å². The largest absolute Gasteiger partial charge is 0.396 e. The summed E-state index contributed by atoms with van der Waals surface area (Å²) in [5.74, 6) is -0.164. The highest BCUT2D eigenvalue weighted by Crippen LogP contribution is 2.25. The third kappa shape index (κ3) is 4.79. The van der Waals surface area contributed by atoms with E-state index in [0.29, 0.717) is 18.0 Å². The summed E-state index contributed by atoms with van der Waals surface area (Å²) in [7, 11) is 0. The lowest BCUT2D eigenvalue weighted by Gasteiger charge is -2.25. The molecule has 0 saturated heterocycles. The highest BCUT2D eigenvalue weighted by Gasteiger charge is 2.30. The van der Waals surface area contributed by atoms with Crippen molar-refractivity contribution in [2.75, 3.05) is 13.2 Å². The number of hydrogen-bond acceptors (Lipinski definition) is 3. The van der Waals surface area contributed by atoms with Gasteiger partial charge in [-0.1, -0.05) is 29.8 Å². The van der Waals surface area contributed by atoms with Gasteiger partial charge in [0, 0.05) is 36.0 Å². The van der Waals surface area contributed by atoms with Gasteiger partial charge in [-0.25, -0.2) is 0 Å². The smallest absolute Gasteiger partial charge is 0.230 e. The van der Waals surface area contributed by atoms with E-state index in [9.17, 15) is 9.90 Å². The first-order valence-corrected chi connectivity index (χ1v) is 8.36. The minimum absolute atomic E-state index is 0.00551. The second kappa shape index (κ2) is 8.27. The van der Waals surface area contributed by atoms with Crippen LogP contribution >= 0.6 is 11.6 Å². The van der Waals surface area contributed by atoms with E-state index in [1.54, 1.807) is 18.3 Å². The Hall–Kier alpha value is -1.91. The Bertz CT molecular complexity index is 674. The van der Waals surface area contributed by atoms with Crippen LogP contribution in [-0.4, -0.2) is 29.1 Å². The third-order valence-corrected chi connectivity index (χ3v) is 4.38. The molecule has 128 valence electrons. The van der Waals surface area contributed by atoms with E-state index in [4.69, 9.17) is 11.6 Å². The summed E-state index contributed by atoms with van der Waals surface area (Å²) >= 11 is 6.02. The second-order valence-electron chi connectivity index (χ2n) is 6.42. The third-order valence-electron chi connectivity index (χ3n) is 4.15. The molecular weight excluding hydrogens is 324 g/mol. The second-order valence-corrected chi connectivity index (χ2v) is 6.86. The van der Waals surface area contributed by atoms with Crippen molar-refractivity contribution < 1.29 is 9.90 Å². The van der Waals surface area contributed by atoms with Crippen molar-refractivity contribution in [1.82, 2.24) is 10.3 Å². The maximum absolute atomic E-state index is 12.6. The SMILES string of the molecule is CC(C)(C(=O)NCC(CO)Cc1ccccn1)c1cccc(Cl)c1. The van der Waals surface area contributed by atoms with E-state index in [1.807, 2.05) is 44.2 Å².